The van der Waals surface area contributed by atoms with Crippen LogP contribution < -0.4 is 5.32 Å². The molecular weight excluding hydrogens is 180 g/mol. The van der Waals surface area contributed by atoms with E-state index in [0.717, 1.165) is 30.1 Å². The summed E-state index contributed by atoms with van der Waals surface area (Å²) in [5.74, 6) is 2.70. The lowest BCUT2D eigenvalue weighted by molar-refractivity contribution is 0.416. The maximum absolute atomic E-state index is 4.43. The summed E-state index contributed by atoms with van der Waals surface area (Å²) < 4.78 is 0. The van der Waals surface area contributed by atoms with E-state index in [1.807, 2.05) is 11.8 Å². The molecule has 0 aliphatic carbocycles. The lowest BCUT2D eigenvalue weighted by Gasteiger charge is -2.19. The summed E-state index contributed by atoms with van der Waals surface area (Å²) in [6, 6.07) is 0. The van der Waals surface area contributed by atoms with Gasteiger partial charge in [0.25, 0.3) is 0 Å². The van der Waals surface area contributed by atoms with Crippen molar-refractivity contribution < 1.29 is 0 Å². The Hall–Kier alpha value is -0.180. The van der Waals surface area contributed by atoms with Crippen LogP contribution in [0.4, 0.5) is 0 Å². The average Bonchev–Trinajstić information content (AvgIpc) is 2.15. The Morgan fingerprint density at radius 1 is 1.46 bits per heavy atom. The Bertz CT molecular complexity index is 178. The van der Waals surface area contributed by atoms with E-state index in [4.69, 9.17) is 0 Å². The van der Waals surface area contributed by atoms with Gasteiger partial charge >= 0.3 is 0 Å². The van der Waals surface area contributed by atoms with Crippen molar-refractivity contribution in [1.82, 2.24) is 5.32 Å². The Morgan fingerprint density at radius 3 is 2.77 bits per heavy atom. The van der Waals surface area contributed by atoms with E-state index < -0.39 is 0 Å². The van der Waals surface area contributed by atoms with Gasteiger partial charge in [-0.1, -0.05) is 32.5 Å². The Balaban J connectivity index is 2.21. The number of nitrogens with one attached hydrogen (secondary N) is 1. The van der Waals surface area contributed by atoms with Gasteiger partial charge in [-0.3, -0.25) is 4.99 Å². The number of nitrogens with zero attached hydrogens (tertiary/aromatic N) is 1. The van der Waals surface area contributed by atoms with Crippen LogP contribution in [0, 0.1) is 11.8 Å². The van der Waals surface area contributed by atoms with Crippen molar-refractivity contribution in [2.75, 3.05) is 18.8 Å². The molecule has 1 unspecified atom stereocenters. The van der Waals surface area contributed by atoms with E-state index >= 15 is 0 Å². The molecule has 1 heterocycles. The summed E-state index contributed by atoms with van der Waals surface area (Å²) in [5, 5.41) is 4.57. The molecule has 2 nitrogen and oxygen atoms in total. The molecule has 1 atom stereocenters. The van der Waals surface area contributed by atoms with E-state index in [1.54, 1.807) is 0 Å². The van der Waals surface area contributed by atoms with Crippen LogP contribution in [0.2, 0.25) is 0 Å². The first-order valence-electron chi connectivity index (χ1n) is 5.11. The van der Waals surface area contributed by atoms with Gasteiger partial charge in [-0.2, -0.15) is 0 Å². The first kappa shape index (κ1) is 10.9. The minimum absolute atomic E-state index is 0.727. The van der Waals surface area contributed by atoms with Gasteiger partial charge in [0.15, 0.2) is 5.17 Å². The standard InChI is InChI=1S/C10H20N2S/c1-8(2)9(3)7-12-10-11-5-4-6-13-10/h8-9H,4-7H2,1-3H3,(H,11,12). The van der Waals surface area contributed by atoms with E-state index in [1.165, 1.54) is 12.2 Å². The van der Waals surface area contributed by atoms with Gasteiger partial charge in [0.1, 0.15) is 0 Å². The molecule has 13 heavy (non-hydrogen) atoms. The number of rotatable bonds is 3. The lowest BCUT2D eigenvalue weighted by atomic mass is 9.98. The van der Waals surface area contributed by atoms with Crippen molar-refractivity contribution in [3.63, 3.8) is 0 Å². The molecular formula is C10H20N2S. The molecule has 1 N–H and O–H groups in total. The molecule has 1 aliphatic rings. The number of hydrogen-bond donors (Lipinski definition) is 1. The van der Waals surface area contributed by atoms with Gasteiger partial charge < -0.3 is 5.32 Å². The molecule has 3 heteroatoms. The zero-order valence-corrected chi connectivity index (χ0v) is 9.66. The number of hydrogen-bond acceptors (Lipinski definition) is 3. The topological polar surface area (TPSA) is 24.4 Å². The quantitative estimate of drug-likeness (QED) is 0.756. The van der Waals surface area contributed by atoms with Gasteiger partial charge in [0, 0.05) is 18.8 Å². The second-order valence-corrected chi connectivity index (χ2v) is 5.07. The SMILES string of the molecule is CC(C)C(C)CNC1=NCCCS1. The third kappa shape index (κ3) is 4.03. The van der Waals surface area contributed by atoms with Crippen molar-refractivity contribution >= 4 is 16.9 Å². The monoisotopic (exact) mass is 200 g/mol. The highest BCUT2D eigenvalue weighted by molar-refractivity contribution is 8.13. The Morgan fingerprint density at radius 2 is 2.23 bits per heavy atom. The molecule has 0 aromatic heterocycles. The number of thioether (sulfide) groups is 1. The first-order valence-corrected chi connectivity index (χ1v) is 6.10. The summed E-state index contributed by atoms with van der Waals surface area (Å²) in [6.45, 7) is 8.88. The molecule has 0 bridgehead atoms. The highest BCUT2D eigenvalue weighted by Gasteiger charge is 2.09. The van der Waals surface area contributed by atoms with Crippen LogP contribution in [0.15, 0.2) is 4.99 Å². The van der Waals surface area contributed by atoms with Gasteiger partial charge in [0.2, 0.25) is 0 Å². The highest BCUT2D eigenvalue weighted by Crippen LogP contribution is 2.12. The normalized spacial score (nSPS) is 19.8. The van der Waals surface area contributed by atoms with E-state index in [2.05, 4.69) is 31.1 Å². The Labute approximate surface area is 85.6 Å². The molecule has 0 saturated heterocycles. The van der Waals surface area contributed by atoms with Crippen LogP contribution in [0.1, 0.15) is 27.2 Å². The lowest BCUT2D eigenvalue weighted by Crippen LogP contribution is -2.29. The molecule has 1 rings (SSSR count). The fourth-order valence-corrected chi connectivity index (χ4v) is 1.89. The Kier molecular flexibility index (Phi) is 4.64. The summed E-state index contributed by atoms with van der Waals surface area (Å²) in [4.78, 5) is 4.43. The fraction of sp³-hybridized carbons (Fsp3) is 0.900. The third-order valence-electron chi connectivity index (χ3n) is 2.51. The van der Waals surface area contributed by atoms with Gasteiger partial charge in [0.05, 0.1) is 0 Å². The van der Waals surface area contributed by atoms with E-state index in [9.17, 15) is 0 Å². The predicted molar refractivity (Wildman–Crippen MR) is 61.4 cm³/mol. The zero-order chi connectivity index (χ0) is 9.68. The van der Waals surface area contributed by atoms with Crippen LogP contribution >= 0.6 is 11.8 Å². The molecule has 0 spiro atoms. The number of amidine groups is 1. The summed E-state index contributed by atoms with van der Waals surface area (Å²) >= 11 is 1.86. The van der Waals surface area contributed by atoms with Crippen molar-refractivity contribution in [2.24, 2.45) is 16.8 Å². The molecule has 0 fully saturated rings. The van der Waals surface area contributed by atoms with Crippen molar-refractivity contribution in [2.45, 2.75) is 27.2 Å². The molecule has 76 valence electrons. The zero-order valence-electron chi connectivity index (χ0n) is 8.84. The fourth-order valence-electron chi connectivity index (χ4n) is 1.05. The van der Waals surface area contributed by atoms with Crippen LogP contribution in [0.3, 0.4) is 0 Å². The minimum atomic E-state index is 0.727. The largest absolute Gasteiger partial charge is 0.365 e. The van der Waals surface area contributed by atoms with E-state index in [0.29, 0.717) is 0 Å². The average molecular weight is 200 g/mol. The summed E-state index contributed by atoms with van der Waals surface area (Å²) in [6.07, 6.45) is 1.23. The minimum Gasteiger partial charge on any atom is -0.365 e. The van der Waals surface area contributed by atoms with Gasteiger partial charge in [-0.25, -0.2) is 0 Å². The van der Waals surface area contributed by atoms with Crippen LogP contribution in [0.5, 0.6) is 0 Å². The highest BCUT2D eigenvalue weighted by atomic mass is 32.2. The van der Waals surface area contributed by atoms with Gasteiger partial charge in [-0.15, -0.1) is 0 Å². The first-order chi connectivity index (χ1) is 6.20. The third-order valence-corrected chi connectivity index (χ3v) is 3.55. The maximum Gasteiger partial charge on any atom is 0.156 e. The van der Waals surface area contributed by atoms with Crippen LogP contribution in [-0.4, -0.2) is 24.0 Å². The summed E-state index contributed by atoms with van der Waals surface area (Å²) in [7, 11) is 0. The predicted octanol–water partition coefficient (Wildman–Crippen LogP) is 2.36. The second kappa shape index (κ2) is 5.53. The smallest absolute Gasteiger partial charge is 0.156 e. The molecule has 0 aromatic rings. The van der Waals surface area contributed by atoms with Crippen molar-refractivity contribution in [3.05, 3.63) is 0 Å². The maximum atomic E-state index is 4.43. The van der Waals surface area contributed by atoms with Crippen LogP contribution in [0.25, 0.3) is 0 Å². The molecule has 0 saturated carbocycles. The van der Waals surface area contributed by atoms with Gasteiger partial charge in [-0.05, 0) is 18.3 Å². The molecule has 1 aliphatic heterocycles. The van der Waals surface area contributed by atoms with Crippen molar-refractivity contribution in [1.29, 1.82) is 0 Å². The molecule has 0 radical (unpaired) electrons. The van der Waals surface area contributed by atoms with Crippen molar-refractivity contribution in [3.8, 4) is 0 Å². The van der Waals surface area contributed by atoms with E-state index in [-0.39, 0.29) is 0 Å². The molecule has 0 amide bonds. The second-order valence-electron chi connectivity index (χ2n) is 3.99. The molecule has 0 aromatic carbocycles. The summed E-state index contributed by atoms with van der Waals surface area (Å²) in [5.41, 5.74) is 0. The number of aliphatic imine (C=N–C) groups is 1. The van der Waals surface area contributed by atoms with Crippen LogP contribution in [-0.2, 0) is 0 Å².